The van der Waals surface area contributed by atoms with E-state index in [0.29, 0.717) is 0 Å². The summed E-state index contributed by atoms with van der Waals surface area (Å²) in [5.41, 5.74) is -0.0139. The molecule has 0 aromatic rings. The zero-order valence-corrected chi connectivity index (χ0v) is 4.62. The first-order valence-electron chi connectivity index (χ1n) is 2.14. The molecule has 0 saturated carbocycles. The number of hydrogen-bond donors (Lipinski definition) is 0. The van der Waals surface area contributed by atoms with Crippen LogP contribution in [-0.2, 0) is 5.11 Å². The van der Waals surface area contributed by atoms with Gasteiger partial charge in [-0.15, -0.1) is 0 Å². The van der Waals surface area contributed by atoms with Gasteiger partial charge in [-0.3, -0.25) is 0 Å². The van der Waals surface area contributed by atoms with E-state index in [1.165, 1.54) is 0 Å². The van der Waals surface area contributed by atoms with Crippen LogP contribution in [-0.4, -0.2) is 36.2 Å². The van der Waals surface area contributed by atoms with Crippen LogP contribution in [0, 0.1) is 5.41 Å². The molecule has 0 N–H and O–H groups in total. The normalized spacial score (nSPS) is 10.3. The molecule has 0 atom stereocenters. The molecule has 0 aromatic carbocycles. The molecule has 39 valence electrons. The van der Waals surface area contributed by atoms with E-state index < -0.39 is 0 Å². The summed E-state index contributed by atoms with van der Waals surface area (Å²) in [5.74, 6) is 0. The SMILES string of the molecule is CC(C)(C)C[O].[NaH]. The summed E-state index contributed by atoms with van der Waals surface area (Å²) in [6.45, 7) is 5.81. The van der Waals surface area contributed by atoms with E-state index in [2.05, 4.69) is 0 Å². The molecule has 0 unspecified atom stereocenters. The van der Waals surface area contributed by atoms with E-state index in [0.717, 1.165) is 0 Å². The molecule has 0 spiro atoms. The number of hydrogen-bond acceptors (Lipinski definition) is 0. The molecular formula is C5H12NaO. The van der Waals surface area contributed by atoms with Crippen LogP contribution >= 0.6 is 0 Å². The molecule has 0 aliphatic carbocycles. The summed E-state index contributed by atoms with van der Waals surface area (Å²) in [5, 5.41) is 9.95. The average Bonchev–Trinajstić information content (AvgIpc) is 1.35. The van der Waals surface area contributed by atoms with Gasteiger partial charge in [-0.2, -0.15) is 0 Å². The molecule has 0 saturated heterocycles. The standard InChI is InChI=1S/C5H11O.Na.H/c1-5(2,3)4-6;;/h4H2,1-3H3;;. The zero-order chi connectivity index (χ0) is 5.21. The van der Waals surface area contributed by atoms with E-state index in [1.807, 2.05) is 20.8 Å². The van der Waals surface area contributed by atoms with Crippen LogP contribution in [0.3, 0.4) is 0 Å². The second-order valence-electron chi connectivity index (χ2n) is 2.70. The summed E-state index contributed by atoms with van der Waals surface area (Å²) >= 11 is 0. The summed E-state index contributed by atoms with van der Waals surface area (Å²) in [4.78, 5) is 0. The Morgan fingerprint density at radius 3 is 1.43 bits per heavy atom. The van der Waals surface area contributed by atoms with Crippen molar-refractivity contribution in [2.45, 2.75) is 20.8 Å². The van der Waals surface area contributed by atoms with Crippen molar-refractivity contribution < 1.29 is 5.11 Å². The van der Waals surface area contributed by atoms with Gasteiger partial charge >= 0.3 is 29.6 Å². The summed E-state index contributed by atoms with van der Waals surface area (Å²) in [6.07, 6.45) is 0. The Morgan fingerprint density at radius 2 is 1.43 bits per heavy atom. The van der Waals surface area contributed by atoms with Crippen molar-refractivity contribution in [2.24, 2.45) is 5.41 Å². The van der Waals surface area contributed by atoms with Crippen LogP contribution in [0.1, 0.15) is 20.8 Å². The Hall–Kier alpha value is 0.960. The fourth-order valence-electron chi connectivity index (χ4n) is 0. The zero-order valence-electron chi connectivity index (χ0n) is 4.62. The predicted octanol–water partition coefficient (Wildman–Crippen LogP) is 0.815. The van der Waals surface area contributed by atoms with Crippen LogP contribution in [0.25, 0.3) is 0 Å². The van der Waals surface area contributed by atoms with Gasteiger partial charge < -0.3 is 0 Å². The molecule has 0 aliphatic rings. The molecular weight excluding hydrogens is 99.0 g/mol. The van der Waals surface area contributed by atoms with Crippen molar-refractivity contribution in [3.05, 3.63) is 0 Å². The third-order valence-electron chi connectivity index (χ3n) is 0.433. The summed E-state index contributed by atoms with van der Waals surface area (Å²) in [6, 6.07) is 0. The Labute approximate surface area is 67.4 Å². The first-order valence-corrected chi connectivity index (χ1v) is 2.14. The van der Waals surface area contributed by atoms with Crippen LogP contribution in [0.4, 0.5) is 0 Å². The predicted molar refractivity (Wildman–Crippen MR) is 32.2 cm³/mol. The van der Waals surface area contributed by atoms with Crippen LogP contribution in [0.5, 0.6) is 0 Å². The van der Waals surface area contributed by atoms with Gasteiger partial charge in [0.05, 0.1) is 6.61 Å². The fraction of sp³-hybridized carbons (Fsp3) is 1.00. The molecule has 1 nitrogen and oxygen atoms in total. The van der Waals surface area contributed by atoms with E-state index in [1.54, 1.807) is 0 Å². The van der Waals surface area contributed by atoms with Gasteiger partial charge in [-0.25, -0.2) is 5.11 Å². The van der Waals surface area contributed by atoms with Gasteiger partial charge in [0.25, 0.3) is 0 Å². The third kappa shape index (κ3) is 10.9. The minimum atomic E-state index is -0.0139. The van der Waals surface area contributed by atoms with Gasteiger partial charge in [0.1, 0.15) is 0 Å². The van der Waals surface area contributed by atoms with Crippen LogP contribution in [0.2, 0.25) is 0 Å². The molecule has 0 bridgehead atoms. The molecule has 0 amide bonds. The molecule has 2 heteroatoms. The number of rotatable bonds is 0. The van der Waals surface area contributed by atoms with Crippen LogP contribution in [0.15, 0.2) is 0 Å². The molecule has 0 heterocycles. The maximum absolute atomic E-state index is 9.95. The topological polar surface area (TPSA) is 19.9 Å². The first kappa shape index (κ1) is 10.9. The van der Waals surface area contributed by atoms with E-state index in [9.17, 15) is 5.11 Å². The van der Waals surface area contributed by atoms with E-state index >= 15 is 0 Å². The van der Waals surface area contributed by atoms with Crippen molar-refractivity contribution >= 4 is 29.6 Å². The van der Waals surface area contributed by atoms with E-state index in [-0.39, 0.29) is 41.6 Å². The molecule has 0 fully saturated rings. The van der Waals surface area contributed by atoms with Crippen molar-refractivity contribution in [3.63, 3.8) is 0 Å². The fourth-order valence-corrected chi connectivity index (χ4v) is 0. The minimum absolute atomic E-state index is 0. The molecule has 7 heavy (non-hydrogen) atoms. The molecule has 0 rings (SSSR count). The molecule has 0 aliphatic heterocycles. The summed E-state index contributed by atoms with van der Waals surface area (Å²) < 4.78 is 0. The van der Waals surface area contributed by atoms with Crippen LogP contribution < -0.4 is 0 Å². The van der Waals surface area contributed by atoms with Crippen molar-refractivity contribution in [1.29, 1.82) is 0 Å². The monoisotopic (exact) mass is 111 g/mol. The van der Waals surface area contributed by atoms with Gasteiger partial charge in [0, 0.05) is 0 Å². The Morgan fingerprint density at radius 1 is 1.29 bits per heavy atom. The van der Waals surface area contributed by atoms with Gasteiger partial charge in [0.15, 0.2) is 0 Å². The Balaban J connectivity index is 0. The maximum atomic E-state index is 9.95. The van der Waals surface area contributed by atoms with Crippen molar-refractivity contribution in [3.8, 4) is 0 Å². The average molecular weight is 111 g/mol. The Kier molecular flexibility index (Phi) is 6.05. The van der Waals surface area contributed by atoms with Crippen molar-refractivity contribution in [1.82, 2.24) is 0 Å². The second kappa shape index (κ2) is 3.90. The van der Waals surface area contributed by atoms with Crippen molar-refractivity contribution in [2.75, 3.05) is 6.61 Å². The van der Waals surface area contributed by atoms with E-state index in [4.69, 9.17) is 0 Å². The Bertz CT molecular complexity index is 37.8. The second-order valence-corrected chi connectivity index (χ2v) is 2.70. The van der Waals surface area contributed by atoms with Gasteiger partial charge in [0.2, 0.25) is 0 Å². The molecule has 0 aromatic heterocycles. The third-order valence-corrected chi connectivity index (χ3v) is 0.433. The molecule has 1 radical (unpaired) electrons. The quantitative estimate of drug-likeness (QED) is 0.412. The first-order chi connectivity index (χ1) is 2.56. The van der Waals surface area contributed by atoms with Gasteiger partial charge in [-0.1, -0.05) is 20.8 Å². The van der Waals surface area contributed by atoms with Gasteiger partial charge in [-0.05, 0) is 5.41 Å². The summed E-state index contributed by atoms with van der Waals surface area (Å²) in [7, 11) is 0.